The molecule has 2 aliphatic rings. The molecule has 5 rings (SSSR count). The Kier molecular flexibility index (Phi) is 4.01. The van der Waals surface area contributed by atoms with Crippen LogP contribution >= 0.6 is 0 Å². The molecule has 1 aliphatic heterocycles. The van der Waals surface area contributed by atoms with Gasteiger partial charge in [-0.1, -0.05) is 48.5 Å². The molecule has 2 aromatic carbocycles. The Bertz CT molecular complexity index is 1070. The largest absolute Gasteiger partial charge is 0.448 e. The van der Waals surface area contributed by atoms with Crippen molar-refractivity contribution in [1.29, 1.82) is 0 Å². The first-order valence-corrected chi connectivity index (χ1v) is 9.57. The van der Waals surface area contributed by atoms with Crippen molar-refractivity contribution in [3.63, 3.8) is 0 Å². The zero-order chi connectivity index (χ0) is 19.1. The Morgan fingerprint density at radius 2 is 1.68 bits per heavy atom. The van der Waals surface area contributed by atoms with Crippen molar-refractivity contribution >= 4 is 11.8 Å². The minimum Gasteiger partial charge on any atom is -0.448 e. The summed E-state index contributed by atoms with van der Waals surface area (Å²) >= 11 is 0. The fourth-order valence-corrected chi connectivity index (χ4v) is 4.35. The molecule has 0 spiro atoms. The molecule has 3 aromatic rings. The van der Waals surface area contributed by atoms with Crippen LogP contribution in [0.1, 0.15) is 29.2 Å². The number of aromatic amines is 1. The first kappa shape index (κ1) is 16.8. The van der Waals surface area contributed by atoms with E-state index in [0.29, 0.717) is 13.2 Å². The maximum atomic E-state index is 12.8. The molecule has 1 aliphatic carbocycles. The van der Waals surface area contributed by atoms with Gasteiger partial charge in [0.05, 0.1) is 5.69 Å². The normalized spacial score (nSPS) is 14.9. The van der Waals surface area contributed by atoms with Crippen LogP contribution in [0.4, 0.5) is 10.5 Å². The second-order valence-electron chi connectivity index (χ2n) is 7.25. The number of aryl methyl sites for hydroxylation is 1. The summed E-state index contributed by atoms with van der Waals surface area (Å²) < 4.78 is 5.76. The lowest BCUT2D eigenvalue weighted by atomic mass is 9.98. The van der Waals surface area contributed by atoms with Gasteiger partial charge in [0.15, 0.2) is 0 Å². The topological polar surface area (TPSA) is 62.4 Å². The number of benzene rings is 2. The average Bonchev–Trinajstić information content (AvgIpc) is 3.05. The van der Waals surface area contributed by atoms with Crippen molar-refractivity contribution < 1.29 is 9.53 Å². The van der Waals surface area contributed by atoms with Crippen LogP contribution in [-0.4, -0.2) is 24.2 Å². The molecule has 140 valence electrons. The minimum atomic E-state index is -0.366. The van der Waals surface area contributed by atoms with Gasteiger partial charge in [0.2, 0.25) is 5.56 Å². The van der Waals surface area contributed by atoms with E-state index in [9.17, 15) is 9.59 Å². The van der Waals surface area contributed by atoms with Gasteiger partial charge in [-0.3, -0.25) is 9.69 Å². The van der Waals surface area contributed by atoms with E-state index in [2.05, 4.69) is 29.2 Å². The molecule has 1 amide bonds. The number of rotatable bonds is 2. The number of carbonyl (C=O) groups excluding carboxylic acids is 1. The number of ether oxygens (including phenoxy) is 1. The predicted octanol–water partition coefficient (Wildman–Crippen LogP) is 4.08. The van der Waals surface area contributed by atoms with Crippen molar-refractivity contribution in [3.8, 4) is 11.1 Å². The lowest BCUT2D eigenvalue weighted by Gasteiger charge is -2.28. The van der Waals surface area contributed by atoms with Crippen molar-refractivity contribution in [2.24, 2.45) is 0 Å². The van der Waals surface area contributed by atoms with E-state index in [1.807, 2.05) is 24.3 Å². The van der Waals surface area contributed by atoms with E-state index in [4.69, 9.17) is 4.74 Å². The highest BCUT2D eigenvalue weighted by molar-refractivity contribution is 5.89. The lowest BCUT2D eigenvalue weighted by Crippen LogP contribution is -2.37. The van der Waals surface area contributed by atoms with Gasteiger partial charge >= 0.3 is 6.09 Å². The van der Waals surface area contributed by atoms with Gasteiger partial charge in [0, 0.05) is 24.2 Å². The smallest absolute Gasteiger partial charge is 0.414 e. The molecule has 5 nitrogen and oxygen atoms in total. The Morgan fingerprint density at radius 3 is 2.39 bits per heavy atom. The second-order valence-corrected chi connectivity index (χ2v) is 7.25. The summed E-state index contributed by atoms with van der Waals surface area (Å²) in [5.41, 5.74) is 6.20. The van der Waals surface area contributed by atoms with Gasteiger partial charge in [0.1, 0.15) is 6.61 Å². The summed E-state index contributed by atoms with van der Waals surface area (Å²) in [6.07, 6.45) is 1.20. The number of carbonyl (C=O) groups is 1. The summed E-state index contributed by atoms with van der Waals surface area (Å²) in [5, 5.41) is 0. The average molecular weight is 372 g/mol. The minimum absolute atomic E-state index is 0.0381. The molecule has 0 radical (unpaired) electrons. The number of aromatic nitrogens is 1. The number of hydrogen-bond donors (Lipinski definition) is 1. The summed E-state index contributed by atoms with van der Waals surface area (Å²) in [5.74, 6) is 0.0381. The number of nitrogens with zero attached hydrogens (tertiary/aromatic N) is 1. The molecular weight excluding hydrogens is 352 g/mol. The van der Waals surface area contributed by atoms with Crippen molar-refractivity contribution in [2.45, 2.75) is 18.8 Å². The third-order valence-corrected chi connectivity index (χ3v) is 5.63. The van der Waals surface area contributed by atoms with Gasteiger partial charge in [-0.2, -0.15) is 0 Å². The van der Waals surface area contributed by atoms with E-state index < -0.39 is 0 Å². The molecule has 28 heavy (non-hydrogen) atoms. The Balaban J connectivity index is 1.39. The number of amides is 1. The van der Waals surface area contributed by atoms with Crippen LogP contribution < -0.4 is 10.5 Å². The van der Waals surface area contributed by atoms with Crippen LogP contribution in [0.5, 0.6) is 0 Å². The number of nitrogens with one attached hydrogen (secondary N) is 1. The van der Waals surface area contributed by atoms with Gasteiger partial charge in [-0.25, -0.2) is 4.79 Å². The monoisotopic (exact) mass is 372 g/mol. The predicted molar refractivity (Wildman–Crippen MR) is 108 cm³/mol. The first-order chi connectivity index (χ1) is 13.7. The Hall–Kier alpha value is -3.34. The molecule has 0 saturated heterocycles. The molecule has 0 saturated carbocycles. The van der Waals surface area contributed by atoms with Crippen molar-refractivity contribution in [3.05, 3.63) is 87.8 Å². The molecule has 5 heteroatoms. The molecule has 0 unspecified atom stereocenters. The van der Waals surface area contributed by atoms with Gasteiger partial charge in [0.25, 0.3) is 0 Å². The van der Waals surface area contributed by atoms with E-state index in [1.54, 1.807) is 11.0 Å². The standard InChI is InChI=1S/C23H20N2O3/c26-22-12-11-21-20(24-22)10-5-13-25(21)23(27)28-14-19-17-8-3-1-6-15(17)16-7-2-4-9-18(16)19/h1-4,6-9,11-12,19H,5,10,13-14H2,(H,24,26). The number of H-pyrrole nitrogens is 1. The third kappa shape index (κ3) is 2.71. The van der Waals surface area contributed by atoms with Gasteiger partial charge < -0.3 is 9.72 Å². The fourth-order valence-electron chi connectivity index (χ4n) is 4.35. The van der Waals surface area contributed by atoms with Crippen LogP contribution in [0.15, 0.2) is 65.5 Å². The highest BCUT2D eigenvalue weighted by Gasteiger charge is 2.30. The molecule has 0 fully saturated rings. The van der Waals surface area contributed by atoms with Gasteiger partial charge in [-0.05, 0) is 41.2 Å². The zero-order valence-corrected chi connectivity index (χ0v) is 15.4. The molecular formula is C23H20N2O3. The summed E-state index contributed by atoms with van der Waals surface area (Å²) in [6.45, 7) is 0.887. The number of anilines is 1. The van der Waals surface area contributed by atoms with Crippen LogP contribution in [0.2, 0.25) is 0 Å². The Labute approximate surface area is 162 Å². The maximum Gasteiger partial charge on any atom is 0.414 e. The van der Waals surface area contributed by atoms with Crippen LogP contribution in [-0.2, 0) is 11.2 Å². The van der Waals surface area contributed by atoms with E-state index in [0.717, 1.165) is 24.2 Å². The molecule has 1 N–H and O–H groups in total. The SMILES string of the molecule is O=C(OCC1c2ccccc2-c2ccccc21)N1CCCc2[nH]c(=O)ccc21. The molecule has 0 bridgehead atoms. The van der Waals surface area contributed by atoms with E-state index in [-0.39, 0.29) is 17.6 Å². The maximum absolute atomic E-state index is 12.8. The number of hydrogen-bond acceptors (Lipinski definition) is 3. The molecule has 1 aromatic heterocycles. The van der Waals surface area contributed by atoms with E-state index in [1.165, 1.54) is 28.3 Å². The lowest BCUT2D eigenvalue weighted by molar-refractivity contribution is 0.150. The van der Waals surface area contributed by atoms with E-state index >= 15 is 0 Å². The molecule has 2 heterocycles. The van der Waals surface area contributed by atoms with Crippen LogP contribution in [0, 0.1) is 0 Å². The summed E-state index contributed by atoms with van der Waals surface area (Å²) in [4.78, 5) is 28.9. The quantitative estimate of drug-likeness (QED) is 0.737. The Morgan fingerprint density at radius 1 is 1.00 bits per heavy atom. The van der Waals surface area contributed by atoms with Crippen molar-refractivity contribution in [1.82, 2.24) is 4.98 Å². The second kappa shape index (κ2) is 6.68. The number of pyridine rings is 1. The fraction of sp³-hybridized carbons (Fsp3) is 0.217. The van der Waals surface area contributed by atoms with Gasteiger partial charge in [-0.15, -0.1) is 0 Å². The van der Waals surface area contributed by atoms with Crippen LogP contribution in [0.3, 0.4) is 0 Å². The number of fused-ring (bicyclic) bond motifs is 4. The first-order valence-electron chi connectivity index (χ1n) is 9.57. The summed E-state index contributed by atoms with van der Waals surface area (Å²) in [7, 11) is 0. The van der Waals surface area contributed by atoms with Crippen LogP contribution in [0.25, 0.3) is 11.1 Å². The van der Waals surface area contributed by atoms with Crippen molar-refractivity contribution in [2.75, 3.05) is 18.1 Å². The third-order valence-electron chi connectivity index (χ3n) is 5.63. The highest BCUT2D eigenvalue weighted by atomic mass is 16.6. The highest BCUT2D eigenvalue weighted by Crippen LogP contribution is 2.44. The summed E-state index contributed by atoms with van der Waals surface area (Å²) in [6, 6.07) is 19.7. The molecule has 0 atom stereocenters. The zero-order valence-electron chi connectivity index (χ0n) is 15.4.